The highest BCUT2D eigenvalue weighted by atomic mass is 19.4. The molecule has 32 heavy (non-hydrogen) atoms. The van der Waals surface area contributed by atoms with Crippen molar-refractivity contribution in [2.24, 2.45) is 5.92 Å². The van der Waals surface area contributed by atoms with E-state index >= 15 is 0 Å². The number of anilines is 2. The van der Waals surface area contributed by atoms with E-state index in [4.69, 9.17) is 0 Å². The number of carbonyl (C=O) groups excluding carboxylic acids is 3. The fraction of sp³-hybridized carbons (Fsp3) is 0.591. The minimum atomic E-state index is -4.56. The predicted octanol–water partition coefficient (Wildman–Crippen LogP) is 3.74. The lowest BCUT2D eigenvalue weighted by atomic mass is 9.77. The lowest BCUT2D eigenvalue weighted by Gasteiger charge is -2.33. The molecule has 174 valence electrons. The Bertz CT molecular complexity index is 919. The van der Waals surface area contributed by atoms with Crippen molar-refractivity contribution in [3.05, 3.63) is 23.8 Å². The molecule has 1 saturated carbocycles. The number of nitrogens with one attached hydrogen (secondary N) is 2. The summed E-state index contributed by atoms with van der Waals surface area (Å²) in [6.07, 6.45) is -0.0917. The van der Waals surface area contributed by atoms with E-state index < -0.39 is 41.7 Å². The second-order valence-corrected chi connectivity index (χ2v) is 9.06. The highest BCUT2D eigenvalue weighted by Crippen LogP contribution is 2.38. The maximum atomic E-state index is 13.2. The number of urea groups is 1. The molecule has 0 radical (unpaired) electrons. The van der Waals surface area contributed by atoms with Crippen molar-refractivity contribution in [2.45, 2.75) is 57.2 Å². The smallest absolute Gasteiger partial charge is 0.370 e. The van der Waals surface area contributed by atoms with Crippen LogP contribution < -0.4 is 15.5 Å². The van der Waals surface area contributed by atoms with Crippen LogP contribution in [-0.4, -0.2) is 47.9 Å². The van der Waals surface area contributed by atoms with Crippen molar-refractivity contribution in [1.29, 1.82) is 0 Å². The molecule has 4 rings (SSSR count). The Kier molecular flexibility index (Phi) is 5.81. The normalized spacial score (nSPS) is 26.1. The Morgan fingerprint density at radius 3 is 2.47 bits per heavy atom. The maximum absolute atomic E-state index is 13.2. The Morgan fingerprint density at radius 1 is 1.19 bits per heavy atom. The summed E-state index contributed by atoms with van der Waals surface area (Å²) in [4.78, 5) is 40.9. The number of carbonyl (C=O) groups is 3. The first kappa shape index (κ1) is 22.4. The van der Waals surface area contributed by atoms with E-state index in [2.05, 4.69) is 17.6 Å². The zero-order valence-corrected chi connectivity index (χ0v) is 17.9. The van der Waals surface area contributed by atoms with Crippen LogP contribution in [0, 0.1) is 5.92 Å². The summed E-state index contributed by atoms with van der Waals surface area (Å²) in [5.74, 6) is -0.685. The molecule has 2 saturated heterocycles. The molecule has 0 unspecified atom stereocenters. The number of imide groups is 1. The molecule has 0 aromatic heterocycles. The van der Waals surface area contributed by atoms with Crippen molar-refractivity contribution in [2.75, 3.05) is 29.9 Å². The number of hydrogen-bond acceptors (Lipinski definition) is 4. The van der Waals surface area contributed by atoms with Crippen LogP contribution in [0.2, 0.25) is 0 Å². The van der Waals surface area contributed by atoms with E-state index in [0.717, 1.165) is 42.7 Å². The van der Waals surface area contributed by atoms with Crippen molar-refractivity contribution in [3.63, 3.8) is 0 Å². The Balaban J connectivity index is 1.51. The van der Waals surface area contributed by atoms with Gasteiger partial charge in [-0.05, 0) is 62.6 Å². The number of rotatable bonds is 4. The Labute approximate surface area is 184 Å². The van der Waals surface area contributed by atoms with Crippen LogP contribution in [0.5, 0.6) is 0 Å². The fourth-order valence-electron chi connectivity index (χ4n) is 4.79. The third-order valence-electron chi connectivity index (χ3n) is 6.72. The molecule has 7 nitrogen and oxygen atoms in total. The average Bonchev–Trinajstić information content (AvgIpc) is 3.33. The topological polar surface area (TPSA) is 81.8 Å². The summed E-state index contributed by atoms with van der Waals surface area (Å²) in [7, 11) is 0. The molecule has 2 N–H and O–H groups in total. The summed E-state index contributed by atoms with van der Waals surface area (Å²) >= 11 is 0. The second kappa shape index (κ2) is 8.29. The van der Waals surface area contributed by atoms with Gasteiger partial charge in [-0.2, -0.15) is 13.2 Å². The monoisotopic (exact) mass is 452 g/mol. The molecule has 1 spiro atoms. The first-order valence-corrected chi connectivity index (χ1v) is 11.0. The first-order chi connectivity index (χ1) is 15.1. The van der Waals surface area contributed by atoms with Crippen LogP contribution >= 0.6 is 0 Å². The van der Waals surface area contributed by atoms with Gasteiger partial charge in [0.2, 0.25) is 5.91 Å². The van der Waals surface area contributed by atoms with Gasteiger partial charge in [0.1, 0.15) is 12.1 Å². The molecule has 3 fully saturated rings. The molecular formula is C22H27F3N4O3. The van der Waals surface area contributed by atoms with Gasteiger partial charge in [-0.1, -0.05) is 6.92 Å². The van der Waals surface area contributed by atoms with Gasteiger partial charge < -0.3 is 15.5 Å². The summed E-state index contributed by atoms with van der Waals surface area (Å²) in [5, 5.41) is 5.26. The van der Waals surface area contributed by atoms with E-state index in [1.165, 1.54) is 6.07 Å². The summed E-state index contributed by atoms with van der Waals surface area (Å²) in [6.45, 7) is 2.91. The third-order valence-corrected chi connectivity index (χ3v) is 6.72. The van der Waals surface area contributed by atoms with E-state index in [1.54, 1.807) is 0 Å². The zero-order chi connectivity index (χ0) is 23.1. The Morgan fingerprint density at radius 2 is 1.84 bits per heavy atom. The third kappa shape index (κ3) is 4.27. The lowest BCUT2D eigenvalue weighted by Crippen LogP contribution is -2.49. The standard InChI is InChI=1S/C22H27F3N4O3/c1-14-6-8-21(9-7-14)19(31)29(20(32)27-21)13-18(30)26-16-12-15(22(23,24)25)4-5-17(16)28-10-2-3-11-28/h4-5,12,14H,2-3,6-11,13H2,1H3,(H,26,30)(H,27,32). The van der Waals surface area contributed by atoms with Crippen LogP contribution in [0.15, 0.2) is 18.2 Å². The Hall–Kier alpha value is -2.78. The van der Waals surface area contributed by atoms with Crippen LogP contribution in [-0.2, 0) is 15.8 Å². The molecule has 10 heteroatoms. The van der Waals surface area contributed by atoms with Gasteiger partial charge in [-0.3, -0.25) is 14.5 Å². The molecule has 1 aromatic carbocycles. The highest BCUT2D eigenvalue weighted by Gasteiger charge is 2.52. The van der Waals surface area contributed by atoms with Crippen LogP contribution in [0.4, 0.5) is 29.3 Å². The number of amides is 4. The molecule has 1 aromatic rings. The quantitative estimate of drug-likeness (QED) is 0.682. The molecule has 0 bridgehead atoms. The van der Waals surface area contributed by atoms with Gasteiger partial charge in [0.05, 0.1) is 16.9 Å². The molecule has 2 aliphatic heterocycles. The second-order valence-electron chi connectivity index (χ2n) is 9.06. The summed E-state index contributed by atoms with van der Waals surface area (Å²) in [6, 6.07) is 2.62. The largest absolute Gasteiger partial charge is 0.416 e. The minimum absolute atomic E-state index is 0.0278. The van der Waals surface area contributed by atoms with Gasteiger partial charge in [0.15, 0.2) is 0 Å². The molecule has 4 amide bonds. The van der Waals surface area contributed by atoms with E-state index in [9.17, 15) is 27.6 Å². The van der Waals surface area contributed by atoms with Crippen molar-refractivity contribution < 1.29 is 27.6 Å². The molecular weight excluding hydrogens is 425 g/mol. The SMILES string of the molecule is CC1CCC2(CC1)NC(=O)N(CC(=O)Nc1cc(C(F)(F)F)ccc1N1CCCC1)C2=O. The predicted molar refractivity (Wildman–Crippen MR) is 112 cm³/mol. The minimum Gasteiger partial charge on any atom is -0.370 e. The molecule has 3 aliphatic rings. The van der Waals surface area contributed by atoms with Crippen molar-refractivity contribution >= 4 is 29.2 Å². The van der Waals surface area contributed by atoms with Crippen LogP contribution in [0.25, 0.3) is 0 Å². The highest BCUT2D eigenvalue weighted by molar-refractivity contribution is 6.10. The van der Waals surface area contributed by atoms with Gasteiger partial charge in [-0.25, -0.2) is 4.79 Å². The fourth-order valence-corrected chi connectivity index (χ4v) is 4.79. The lowest BCUT2D eigenvalue weighted by molar-refractivity contribution is -0.137. The van der Waals surface area contributed by atoms with Gasteiger partial charge >= 0.3 is 12.2 Å². The van der Waals surface area contributed by atoms with Crippen LogP contribution in [0.1, 0.15) is 51.0 Å². The van der Waals surface area contributed by atoms with E-state index in [1.807, 2.05) is 4.90 Å². The van der Waals surface area contributed by atoms with E-state index in [-0.39, 0.29) is 5.69 Å². The first-order valence-electron chi connectivity index (χ1n) is 11.0. The maximum Gasteiger partial charge on any atom is 0.416 e. The van der Waals surface area contributed by atoms with Crippen molar-refractivity contribution in [1.82, 2.24) is 10.2 Å². The van der Waals surface area contributed by atoms with Crippen molar-refractivity contribution in [3.8, 4) is 0 Å². The number of hydrogen-bond donors (Lipinski definition) is 2. The molecule has 2 heterocycles. The van der Waals surface area contributed by atoms with E-state index in [0.29, 0.717) is 37.5 Å². The number of alkyl halides is 3. The summed E-state index contributed by atoms with van der Waals surface area (Å²) in [5.41, 5.74) is -1.32. The van der Waals surface area contributed by atoms with Crippen LogP contribution in [0.3, 0.4) is 0 Å². The number of halogens is 3. The average molecular weight is 452 g/mol. The molecule has 0 atom stereocenters. The van der Waals surface area contributed by atoms with Gasteiger partial charge in [-0.15, -0.1) is 0 Å². The van der Waals surface area contributed by atoms with Gasteiger partial charge in [0, 0.05) is 13.1 Å². The number of nitrogens with zero attached hydrogens (tertiary/aromatic N) is 2. The zero-order valence-electron chi connectivity index (χ0n) is 17.9. The molecule has 1 aliphatic carbocycles. The summed E-state index contributed by atoms with van der Waals surface area (Å²) < 4.78 is 39.7. The van der Waals surface area contributed by atoms with Gasteiger partial charge in [0.25, 0.3) is 5.91 Å². The number of benzene rings is 1.